The maximum Gasteiger partial charge on any atom is 0.263 e. The lowest BCUT2D eigenvalue weighted by Crippen LogP contribution is -2.22. The standard InChI is InChI=1S/C18H14N4O2S2/c1-2-9-22-17(23)13-8-10-25-16(13)20-18(22)26-11-14-19-15(21-24-14)12-6-4-3-5-7-12/h2-8,10H,1,9,11H2. The third-order valence-corrected chi connectivity index (χ3v) is 5.45. The zero-order chi connectivity index (χ0) is 17.9. The van der Waals surface area contributed by atoms with Crippen LogP contribution in [-0.2, 0) is 12.3 Å². The largest absolute Gasteiger partial charge is 0.338 e. The van der Waals surface area contributed by atoms with Gasteiger partial charge < -0.3 is 4.52 Å². The van der Waals surface area contributed by atoms with E-state index >= 15 is 0 Å². The highest BCUT2D eigenvalue weighted by Gasteiger charge is 2.14. The van der Waals surface area contributed by atoms with Crippen molar-refractivity contribution in [3.8, 4) is 11.4 Å². The van der Waals surface area contributed by atoms with Gasteiger partial charge in [0, 0.05) is 12.1 Å². The second-order valence-corrected chi connectivity index (χ2v) is 7.24. The summed E-state index contributed by atoms with van der Waals surface area (Å²) in [5, 5.41) is 7.13. The molecule has 0 radical (unpaired) electrons. The highest BCUT2D eigenvalue weighted by Crippen LogP contribution is 2.24. The number of thiophene rings is 1. The number of aromatic nitrogens is 4. The molecule has 0 aliphatic carbocycles. The minimum absolute atomic E-state index is 0.0610. The highest BCUT2D eigenvalue weighted by molar-refractivity contribution is 7.98. The number of hydrogen-bond acceptors (Lipinski definition) is 7. The van der Waals surface area contributed by atoms with Crippen molar-refractivity contribution in [3.05, 3.63) is 70.7 Å². The molecule has 0 unspecified atom stereocenters. The fraction of sp³-hybridized carbons (Fsp3) is 0.111. The van der Waals surface area contributed by atoms with Crippen LogP contribution in [0.3, 0.4) is 0 Å². The van der Waals surface area contributed by atoms with E-state index < -0.39 is 0 Å². The molecule has 0 N–H and O–H groups in total. The lowest BCUT2D eigenvalue weighted by Gasteiger charge is -2.08. The van der Waals surface area contributed by atoms with Crippen molar-refractivity contribution in [2.24, 2.45) is 0 Å². The Balaban J connectivity index is 1.60. The van der Waals surface area contributed by atoms with Crippen molar-refractivity contribution in [2.75, 3.05) is 0 Å². The minimum atomic E-state index is -0.0610. The molecule has 0 amide bonds. The fourth-order valence-electron chi connectivity index (χ4n) is 2.47. The zero-order valence-electron chi connectivity index (χ0n) is 13.7. The minimum Gasteiger partial charge on any atom is -0.338 e. The van der Waals surface area contributed by atoms with Gasteiger partial charge in [0.15, 0.2) is 5.16 Å². The number of fused-ring (bicyclic) bond motifs is 1. The number of nitrogens with zero attached hydrogens (tertiary/aromatic N) is 4. The molecule has 4 rings (SSSR count). The predicted molar refractivity (Wildman–Crippen MR) is 103 cm³/mol. The quantitative estimate of drug-likeness (QED) is 0.285. The first-order chi connectivity index (χ1) is 12.8. The van der Waals surface area contributed by atoms with Gasteiger partial charge in [-0.15, -0.1) is 17.9 Å². The Bertz CT molecular complexity index is 1120. The van der Waals surface area contributed by atoms with Gasteiger partial charge in [-0.05, 0) is 11.4 Å². The van der Waals surface area contributed by atoms with Crippen molar-refractivity contribution in [2.45, 2.75) is 17.5 Å². The lowest BCUT2D eigenvalue weighted by atomic mass is 10.2. The van der Waals surface area contributed by atoms with Crippen molar-refractivity contribution < 1.29 is 4.52 Å². The maximum absolute atomic E-state index is 12.6. The molecule has 3 aromatic heterocycles. The summed E-state index contributed by atoms with van der Waals surface area (Å²) in [4.78, 5) is 22.4. The molecule has 0 saturated carbocycles. The number of benzene rings is 1. The van der Waals surface area contributed by atoms with Crippen molar-refractivity contribution in [1.29, 1.82) is 0 Å². The van der Waals surface area contributed by atoms with Crippen molar-refractivity contribution in [1.82, 2.24) is 19.7 Å². The van der Waals surface area contributed by atoms with Crippen LogP contribution in [0, 0.1) is 0 Å². The van der Waals surface area contributed by atoms with Crippen LogP contribution in [0.1, 0.15) is 5.89 Å². The number of thioether (sulfide) groups is 1. The summed E-state index contributed by atoms with van der Waals surface area (Å²) in [5.41, 5.74) is 0.836. The molecular weight excluding hydrogens is 368 g/mol. The first kappa shape index (κ1) is 16.7. The van der Waals surface area contributed by atoms with E-state index in [0.717, 1.165) is 10.4 Å². The van der Waals surface area contributed by atoms with Gasteiger partial charge in [0.1, 0.15) is 4.83 Å². The van der Waals surface area contributed by atoms with E-state index in [-0.39, 0.29) is 5.56 Å². The second kappa shape index (κ2) is 7.27. The summed E-state index contributed by atoms with van der Waals surface area (Å²) in [6.07, 6.45) is 1.69. The average Bonchev–Trinajstić information content (AvgIpc) is 3.33. The Kier molecular flexibility index (Phi) is 4.68. The van der Waals surface area contributed by atoms with Gasteiger partial charge in [-0.1, -0.05) is 53.3 Å². The Morgan fingerprint density at radius 3 is 2.88 bits per heavy atom. The van der Waals surface area contributed by atoms with E-state index in [9.17, 15) is 4.79 Å². The summed E-state index contributed by atoms with van der Waals surface area (Å²) in [7, 11) is 0. The summed E-state index contributed by atoms with van der Waals surface area (Å²) in [6, 6.07) is 11.4. The fourth-order valence-corrected chi connectivity index (χ4v) is 4.13. The van der Waals surface area contributed by atoms with Gasteiger partial charge in [0.25, 0.3) is 5.56 Å². The molecule has 0 aliphatic heterocycles. The van der Waals surface area contributed by atoms with E-state index in [0.29, 0.717) is 34.6 Å². The van der Waals surface area contributed by atoms with Crippen LogP contribution in [0.5, 0.6) is 0 Å². The summed E-state index contributed by atoms with van der Waals surface area (Å²) in [6.45, 7) is 4.13. The Labute approximate surface area is 157 Å². The Morgan fingerprint density at radius 2 is 2.08 bits per heavy atom. The van der Waals surface area contributed by atoms with E-state index in [2.05, 4.69) is 21.7 Å². The molecule has 6 nitrogen and oxygen atoms in total. The SMILES string of the molecule is C=CCn1c(SCc2nc(-c3ccccc3)no2)nc2sccc2c1=O. The molecule has 0 atom stereocenters. The molecular formula is C18H14N4O2S2. The molecule has 130 valence electrons. The summed E-state index contributed by atoms with van der Waals surface area (Å²) < 4.78 is 6.94. The molecule has 26 heavy (non-hydrogen) atoms. The molecule has 0 saturated heterocycles. The summed E-state index contributed by atoms with van der Waals surface area (Å²) >= 11 is 2.85. The first-order valence-corrected chi connectivity index (χ1v) is 9.72. The van der Waals surface area contributed by atoms with E-state index in [1.54, 1.807) is 16.7 Å². The number of hydrogen-bond donors (Lipinski definition) is 0. The molecule has 3 heterocycles. The van der Waals surface area contributed by atoms with Gasteiger partial charge in [-0.2, -0.15) is 4.98 Å². The highest BCUT2D eigenvalue weighted by atomic mass is 32.2. The van der Waals surface area contributed by atoms with E-state index in [1.807, 2.05) is 35.7 Å². The van der Waals surface area contributed by atoms with Crippen LogP contribution >= 0.6 is 23.1 Å². The average molecular weight is 382 g/mol. The topological polar surface area (TPSA) is 73.8 Å². The molecule has 0 fully saturated rings. The zero-order valence-corrected chi connectivity index (χ0v) is 15.3. The first-order valence-electron chi connectivity index (χ1n) is 7.86. The predicted octanol–water partition coefficient (Wildman–Crippen LogP) is 3.99. The molecule has 0 bridgehead atoms. The second-order valence-electron chi connectivity index (χ2n) is 5.40. The monoisotopic (exact) mass is 382 g/mol. The Hall–Kier alpha value is -2.71. The maximum atomic E-state index is 12.6. The van der Waals surface area contributed by atoms with Gasteiger partial charge >= 0.3 is 0 Å². The van der Waals surface area contributed by atoms with Gasteiger partial charge in [0.05, 0.1) is 11.1 Å². The third kappa shape index (κ3) is 3.21. The van der Waals surface area contributed by atoms with Gasteiger partial charge in [-0.3, -0.25) is 9.36 Å². The van der Waals surface area contributed by atoms with E-state index in [4.69, 9.17) is 4.52 Å². The molecule has 8 heteroatoms. The van der Waals surface area contributed by atoms with Crippen LogP contribution in [0.2, 0.25) is 0 Å². The number of rotatable bonds is 6. The van der Waals surface area contributed by atoms with Crippen LogP contribution in [0.4, 0.5) is 0 Å². The molecule has 0 spiro atoms. The van der Waals surface area contributed by atoms with Crippen LogP contribution < -0.4 is 5.56 Å². The molecule has 4 aromatic rings. The van der Waals surface area contributed by atoms with Crippen LogP contribution in [-0.4, -0.2) is 19.7 Å². The summed E-state index contributed by atoms with van der Waals surface area (Å²) in [5.74, 6) is 1.46. The Morgan fingerprint density at radius 1 is 1.23 bits per heavy atom. The lowest BCUT2D eigenvalue weighted by molar-refractivity contribution is 0.391. The van der Waals surface area contributed by atoms with Crippen molar-refractivity contribution in [3.63, 3.8) is 0 Å². The molecule has 0 aliphatic rings. The normalized spacial score (nSPS) is 11.1. The van der Waals surface area contributed by atoms with E-state index in [1.165, 1.54) is 23.1 Å². The van der Waals surface area contributed by atoms with Crippen molar-refractivity contribution >= 4 is 33.3 Å². The van der Waals surface area contributed by atoms with Crippen LogP contribution in [0.25, 0.3) is 21.6 Å². The van der Waals surface area contributed by atoms with Crippen LogP contribution in [0.15, 0.2) is 68.9 Å². The number of allylic oxidation sites excluding steroid dienone is 1. The van der Waals surface area contributed by atoms with Gasteiger partial charge in [-0.25, -0.2) is 4.98 Å². The van der Waals surface area contributed by atoms with Gasteiger partial charge in [0.2, 0.25) is 11.7 Å². The third-order valence-electron chi connectivity index (χ3n) is 3.68. The smallest absolute Gasteiger partial charge is 0.263 e. The molecule has 1 aromatic carbocycles.